The number of aliphatic imine (C=N–C) groups is 1. The number of guanidine groups is 1. The minimum absolute atomic E-state index is 0. The average Bonchev–Trinajstić information content (AvgIpc) is 3.08. The third kappa shape index (κ3) is 6.89. The molecule has 4 nitrogen and oxygen atoms in total. The molecule has 0 bridgehead atoms. The summed E-state index contributed by atoms with van der Waals surface area (Å²) < 4.78 is 19.0. The fourth-order valence-electron chi connectivity index (χ4n) is 2.22. The van der Waals surface area contributed by atoms with Crippen molar-refractivity contribution in [2.45, 2.75) is 26.3 Å². The summed E-state index contributed by atoms with van der Waals surface area (Å²) in [6.07, 6.45) is 4.14. The molecular weight excluding hydrogens is 432 g/mol. The fourth-order valence-corrected chi connectivity index (χ4v) is 2.22. The van der Waals surface area contributed by atoms with Gasteiger partial charge in [-0.3, -0.25) is 4.99 Å². The molecule has 25 heavy (non-hydrogen) atoms. The molecule has 0 saturated heterocycles. The fraction of sp³-hybridized carbons (Fsp3) is 0.316. The molecule has 0 saturated carbocycles. The van der Waals surface area contributed by atoms with E-state index in [0.29, 0.717) is 24.6 Å². The number of hydrogen-bond acceptors (Lipinski definition) is 2. The van der Waals surface area contributed by atoms with Crippen LogP contribution in [0, 0.1) is 12.7 Å². The lowest BCUT2D eigenvalue weighted by atomic mass is 10.1. The van der Waals surface area contributed by atoms with Gasteiger partial charge in [0.1, 0.15) is 11.6 Å². The number of halogens is 2. The molecule has 2 aromatic rings. The largest absolute Gasteiger partial charge is 0.469 e. The first-order valence-electron chi connectivity index (χ1n) is 8.04. The van der Waals surface area contributed by atoms with Crippen molar-refractivity contribution >= 4 is 29.9 Å². The zero-order valence-electron chi connectivity index (χ0n) is 14.6. The number of nitrogens with zero attached hydrogens (tertiary/aromatic N) is 1. The van der Waals surface area contributed by atoms with Crippen LogP contribution in [0.1, 0.15) is 29.9 Å². The number of furan rings is 1. The van der Waals surface area contributed by atoms with Gasteiger partial charge in [0.2, 0.25) is 0 Å². The second-order valence-electron chi connectivity index (χ2n) is 5.60. The van der Waals surface area contributed by atoms with Gasteiger partial charge < -0.3 is 15.1 Å². The summed E-state index contributed by atoms with van der Waals surface area (Å²) in [5, 5.41) is 6.46. The van der Waals surface area contributed by atoms with Gasteiger partial charge in [-0.05, 0) is 43.2 Å². The van der Waals surface area contributed by atoms with Crippen LogP contribution in [0.5, 0.6) is 0 Å². The Labute approximate surface area is 165 Å². The van der Waals surface area contributed by atoms with E-state index in [4.69, 9.17) is 4.42 Å². The predicted molar refractivity (Wildman–Crippen MR) is 111 cm³/mol. The molecule has 1 aromatic heterocycles. The van der Waals surface area contributed by atoms with Gasteiger partial charge in [-0.25, -0.2) is 4.39 Å². The summed E-state index contributed by atoms with van der Waals surface area (Å²) in [7, 11) is 0. The smallest absolute Gasteiger partial charge is 0.191 e. The van der Waals surface area contributed by atoms with Gasteiger partial charge in [-0.2, -0.15) is 0 Å². The monoisotopic (exact) mass is 457 g/mol. The zero-order valence-corrected chi connectivity index (χ0v) is 16.9. The highest BCUT2D eigenvalue weighted by atomic mass is 127. The molecule has 0 aliphatic rings. The Bertz CT molecular complexity index is 686. The van der Waals surface area contributed by atoms with E-state index >= 15 is 0 Å². The quantitative estimate of drug-likeness (QED) is 0.281. The van der Waals surface area contributed by atoms with Gasteiger partial charge in [-0.1, -0.05) is 18.2 Å². The van der Waals surface area contributed by atoms with Crippen LogP contribution in [0.25, 0.3) is 0 Å². The van der Waals surface area contributed by atoms with Crippen LogP contribution in [0.2, 0.25) is 0 Å². The van der Waals surface area contributed by atoms with E-state index in [1.54, 1.807) is 31.4 Å². The van der Waals surface area contributed by atoms with Crippen molar-refractivity contribution in [3.63, 3.8) is 0 Å². The molecule has 2 rings (SSSR count). The topological polar surface area (TPSA) is 49.6 Å². The van der Waals surface area contributed by atoms with Crippen LogP contribution in [0.15, 0.2) is 58.7 Å². The average molecular weight is 457 g/mol. The molecule has 0 radical (unpaired) electrons. The molecular formula is C19H25FIN3O. The summed E-state index contributed by atoms with van der Waals surface area (Å²) in [5.41, 5.74) is 1.51. The van der Waals surface area contributed by atoms with E-state index in [9.17, 15) is 4.39 Å². The Hall–Kier alpha value is -1.83. The number of nitrogens with one attached hydrogen (secondary N) is 2. The highest BCUT2D eigenvalue weighted by Gasteiger charge is 2.09. The Balaban J connectivity index is 0.00000312. The van der Waals surface area contributed by atoms with E-state index in [1.165, 1.54) is 0 Å². The van der Waals surface area contributed by atoms with Crippen LogP contribution in [-0.4, -0.2) is 19.0 Å². The first-order chi connectivity index (χ1) is 11.6. The lowest BCUT2D eigenvalue weighted by Gasteiger charge is -2.18. The van der Waals surface area contributed by atoms with E-state index in [0.717, 1.165) is 17.7 Å². The normalized spacial score (nSPS) is 12.2. The summed E-state index contributed by atoms with van der Waals surface area (Å²) in [6.45, 7) is 8.62. The molecule has 136 valence electrons. The minimum Gasteiger partial charge on any atom is -0.469 e. The summed E-state index contributed by atoms with van der Waals surface area (Å²) >= 11 is 0. The molecule has 6 heteroatoms. The molecule has 2 N–H and O–H groups in total. The first kappa shape index (κ1) is 21.2. The van der Waals surface area contributed by atoms with Crippen LogP contribution >= 0.6 is 24.0 Å². The van der Waals surface area contributed by atoms with Crippen LogP contribution in [0.3, 0.4) is 0 Å². The van der Waals surface area contributed by atoms with Crippen molar-refractivity contribution in [1.82, 2.24) is 10.6 Å². The maximum Gasteiger partial charge on any atom is 0.191 e. The van der Waals surface area contributed by atoms with Gasteiger partial charge in [0.25, 0.3) is 0 Å². The van der Waals surface area contributed by atoms with Crippen molar-refractivity contribution in [3.8, 4) is 0 Å². The number of benzene rings is 1. The Morgan fingerprint density at radius 2 is 2.20 bits per heavy atom. The van der Waals surface area contributed by atoms with E-state index in [2.05, 4.69) is 22.2 Å². The maximum atomic E-state index is 13.7. The lowest BCUT2D eigenvalue weighted by Crippen LogP contribution is -2.39. The molecule has 0 spiro atoms. The zero-order chi connectivity index (χ0) is 17.4. The van der Waals surface area contributed by atoms with Crippen molar-refractivity contribution in [2.75, 3.05) is 13.1 Å². The van der Waals surface area contributed by atoms with Gasteiger partial charge in [-0.15, -0.1) is 30.6 Å². The predicted octanol–water partition coefficient (Wildman–Crippen LogP) is 4.37. The van der Waals surface area contributed by atoms with Crippen LogP contribution in [-0.2, 0) is 6.42 Å². The first-order valence-corrected chi connectivity index (χ1v) is 8.04. The molecule has 1 aromatic carbocycles. The Morgan fingerprint density at radius 3 is 2.84 bits per heavy atom. The van der Waals surface area contributed by atoms with Crippen LogP contribution < -0.4 is 10.6 Å². The second-order valence-corrected chi connectivity index (χ2v) is 5.60. The van der Waals surface area contributed by atoms with Gasteiger partial charge >= 0.3 is 0 Å². The highest BCUT2D eigenvalue weighted by molar-refractivity contribution is 14.0. The summed E-state index contributed by atoms with van der Waals surface area (Å²) in [6, 6.07) is 8.98. The van der Waals surface area contributed by atoms with Crippen LogP contribution in [0.4, 0.5) is 4.39 Å². The Kier molecular flexibility index (Phi) is 9.26. The van der Waals surface area contributed by atoms with Crippen molar-refractivity contribution in [1.29, 1.82) is 0 Å². The van der Waals surface area contributed by atoms with Crippen molar-refractivity contribution in [2.24, 2.45) is 4.99 Å². The number of rotatable bonds is 7. The molecule has 0 aliphatic carbocycles. The maximum absolute atomic E-state index is 13.7. The van der Waals surface area contributed by atoms with E-state index < -0.39 is 0 Å². The number of hydrogen-bond donors (Lipinski definition) is 2. The lowest BCUT2D eigenvalue weighted by molar-refractivity contribution is 0.510. The number of aryl methyl sites for hydroxylation is 1. The summed E-state index contributed by atoms with van der Waals surface area (Å²) in [4.78, 5) is 4.53. The van der Waals surface area contributed by atoms with Crippen molar-refractivity contribution in [3.05, 3.63) is 72.0 Å². The van der Waals surface area contributed by atoms with E-state index in [-0.39, 0.29) is 35.8 Å². The molecule has 1 heterocycles. The minimum atomic E-state index is -0.198. The summed E-state index contributed by atoms with van der Waals surface area (Å²) in [5.74, 6) is 1.36. The van der Waals surface area contributed by atoms with Gasteiger partial charge in [0, 0.05) is 19.5 Å². The molecule has 0 fully saturated rings. The molecule has 1 unspecified atom stereocenters. The van der Waals surface area contributed by atoms with Gasteiger partial charge in [0.05, 0.1) is 12.3 Å². The third-order valence-corrected chi connectivity index (χ3v) is 3.67. The second kappa shape index (κ2) is 10.9. The SMILES string of the molecule is C=CCNC(=NCCc1ccco1)NC(C)c1ccc(C)c(F)c1.I. The third-order valence-electron chi connectivity index (χ3n) is 3.67. The molecule has 0 amide bonds. The molecule has 0 aliphatic heterocycles. The van der Waals surface area contributed by atoms with Gasteiger partial charge in [0.15, 0.2) is 5.96 Å². The van der Waals surface area contributed by atoms with Crippen molar-refractivity contribution < 1.29 is 8.81 Å². The molecule has 1 atom stereocenters. The van der Waals surface area contributed by atoms with E-state index in [1.807, 2.05) is 25.1 Å². The standard InChI is InChI=1S/C19H24FN3O.HI/c1-4-10-21-19(22-11-9-17-6-5-12-24-17)23-15(3)16-8-7-14(2)18(20)13-16;/h4-8,12-13,15H,1,9-11H2,2-3H3,(H2,21,22,23);1H. The highest BCUT2D eigenvalue weighted by Crippen LogP contribution is 2.16. The Morgan fingerprint density at radius 1 is 1.40 bits per heavy atom.